The lowest BCUT2D eigenvalue weighted by Gasteiger charge is -2.02. The molecular weight excluding hydrogens is 296 g/mol. The zero-order valence-corrected chi connectivity index (χ0v) is 12.4. The van der Waals surface area contributed by atoms with Gasteiger partial charge in [-0.15, -0.1) is 0 Å². The summed E-state index contributed by atoms with van der Waals surface area (Å²) in [7, 11) is -0.500. The SMILES string of the molecule is COc1cncnc1OC.Nc1ccc(S(N)(=O)=O)cc1. The van der Waals surface area contributed by atoms with Crippen LogP contribution in [0.5, 0.6) is 11.6 Å². The molecule has 114 valence electrons. The van der Waals surface area contributed by atoms with Crippen molar-refractivity contribution in [3.05, 3.63) is 36.8 Å². The molecule has 0 saturated heterocycles. The molecule has 21 heavy (non-hydrogen) atoms. The van der Waals surface area contributed by atoms with Crippen molar-refractivity contribution in [1.29, 1.82) is 0 Å². The summed E-state index contributed by atoms with van der Waals surface area (Å²) in [6.07, 6.45) is 2.95. The Morgan fingerprint density at radius 1 is 1.10 bits per heavy atom. The standard InChI is InChI=1S/C6H8N2O2S.C6H8N2O2/c7-5-1-3-6(4-2-5)11(8,9)10;1-9-5-3-7-4-8-6(5)10-2/h1-4H,7H2,(H2,8,9,10);3-4H,1-2H3. The van der Waals surface area contributed by atoms with Crippen LogP contribution in [0.25, 0.3) is 0 Å². The summed E-state index contributed by atoms with van der Waals surface area (Å²) < 4.78 is 31.1. The fraction of sp³-hybridized carbons (Fsp3) is 0.167. The molecule has 0 saturated carbocycles. The number of aromatic nitrogens is 2. The molecule has 0 atom stereocenters. The largest absolute Gasteiger partial charge is 0.490 e. The van der Waals surface area contributed by atoms with Crippen LogP contribution in [0.1, 0.15) is 0 Å². The summed E-state index contributed by atoms with van der Waals surface area (Å²) in [5, 5.41) is 4.84. The van der Waals surface area contributed by atoms with E-state index < -0.39 is 10.0 Å². The lowest BCUT2D eigenvalue weighted by molar-refractivity contribution is 0.341. The predicted molar refractivity (Wildman–Crippen MR) is 77.4 cm³/mol. The monoisotopic (exact) mass is 312 g/mol. The van der Waals surface area contributed by atoms with Gasteiger partial charge in [-0.05, 0) is 24.3 Å². The Labute approximate surface area is 122 Å². The smallest absolute Gasteiger partial charge is 0.259 e. The van der Waals surface area contributed by atoms with E-state index in [1.807, 2.05) is 0 Å². The van der Waals surface area contributed by atoms with Crippen molar-refractivity contribution in [3.63, 3.8) is 0 Å². The average Bonchev–Trinajstić information content (AvgIpc) is 2.47. The molecule has 9 heteroatoms. The number of hydrogen-bond donors (Lipinski definition) is 2. The Bertz CT molecular complexity index is 651. The van der Waals surface area contributed by atoms with E-state index in [4.69, 9.17) is 20.3 Å². The van der Waals surface area contributed by atoms with E-state index in [2.05, 4.69) is 9.97 Å². The molecule has 0 spiro atoms. The van der Waals surface area contributed by atoms with Gasteiger partial charge in [0.15, 0.2) is 5.75 Å². The quantitative estimate of drug-likeness (QED) is 0.785. The van der Waals surface area contributed by atoms with Crippen molar-refractivity contribution in [3.8, 4) is 11.6 Å². The number of primary sulfonamides is 1. The number of benzene rings is 1. The van der Waals surface area contributed by atoms with Crippen LogP contribution in [-0.2, 0) is 10.0 Å². The Balaban J connectivity index is 0.000000211. The third-order valence-corrected chi connectivity index (χ3v) is 3.20. The minimum atomic E-state index is -3.58. The Morgan fingerprint density at radius 2 is 1.71 bits per heavy atom. The Morgan fingerprint density at radius 3 is 2.14 bits per heavy atom. The van der Waals surface area contributed by atoms with E-state index in [1.165, 1.54) is 37.7 Å². The molecule has 0 bridgehead atoms. The number of nitrogens with zero attached hydrogens (tertiary/aromatic N) is 2. The van der Waals surface area contributed by atoms with Crippen LogP contribution in [0, 0.1) is 0 Å². The van der Waals surface area contributed by atoms with Crippen LogP contribution in [0.2, 0.25) is 0 Å². The zero-order valence-electron chi connectivity index (χ0n) is 11.6. The van der Waals surface area contributed by atoms with E-state index in [1.54, 1.807) is 13.3 Å². The number of hydrogen-bond acceptors (Lipinski definition) is 7. The molecule has 0 unspecified atom stereocenters. The van der Waals surface area contributed by atoms with E-state index in [-0.39, 0.29) is 4.90 Å². The van der Waals surface area contributed by atoms with Gasteiger partial charge in [-0.1, -0.05) is 0 Å². The van der Waals surface area contributed by atoms with Gasteiger partial charge in [0.25, 0.3) is 5.88 Å². The number of rotatable bonds is 3. The Kier molecular flexibility index (Phi) is 5.88. The van der Waals surface area contributed by atoms with Crippen LogP contribution >= 0.6 is 0 Å². The second kappa shape index (κ2) is 7.41. The third-order valence-electron chi connectivity index (χ3n) is 2.27. The molecule has 1 aromatic heterocycles. The van der Waals surface area contributed by atoms with Gasteiger partial charge >= 0.3 is 0 Å². The van der Waals surface area contributed by atoms with Crippen molar-refractivity contribution in [1.82, 2.24) is 9.97 Å². The third kappa shape index (κ3) is 5.24. The second-order valence-electron chi connectivity index (χ2n) is 3.71. The summed E-state index contributed by atoms with van der Waals surface area (Å²) in [4.78, 5) is 7.63. The van der Waals surface area contributed by atoms with Crippen molar-refractivity contribution < 1.29 is 17.9 Å². The molecule has 0 radical (unpaired) electrons. The molecule has 0 aliphatic carbocycles. The molecule has 0 aliphatic rings. The fourth-order valence-electron chi connectivity index (χ4n) is 1.26. The van der Waals surface area contributed by atoms with E-state index in [0.717, 1.165) is 0 Å². The molecule has 0 fully saturated rings. The molecule has 8 nitrogen and oxygen atoms in total. The van der Waals surface area contributed by atoms with Gasteiger partial charge in [0.05, 0.1) is 25.3 Å². The summed E-state index contributed by atoms with van der Waals surface area (Å²) >= 11 is 0. The summed E-state index contributed by atoms with van der Waals surface area (Å²) in [5.74, 6) is 1.00. The van der Waals surface area contributed by atoms with Gasteiger partial charge in [-0.3, -0.25) is 0 Å². The van der Waals surface area contributed by atoms with Gasteiger partial charge in [0.1, 0.15) is 6.33 Å². The lowest BCUT2D eigenvalue weighted by Crippen LogP contribution is -2.11. The first-order valence-corrected chi connectivity index (χ1v) is 7.19. The van der Waals surface area contributed by atoms with Crippen LogP contribution in [0.3, 0.4) is 0 Å². The first kappa shape index (κ1) is 16.7. The van der Waals surface area contributed by atoms with Crippen molar-refractivity contribution >= 4 is 15.7 Å². The molecule has 0 amide bonds. The first-order valence-electron chi connectivity index (χ1n) is 5.64. The van der Waals surface area contributed by atoms with Gasteiger partial charge in [-0.25, -0.2) is 18.5 Å². The maximum atomic E-state index is 10.7. The maximum Gasteiger partial charge on any atom is 0.259 e. The summed E-state index contributed by atoms with van der Waals surface area (Å²) in [6, 6.07) is 5.70. The molecule has 1 aromatic carbocycles. The molecule has 1 heterocycles. The van der Waals surface area contributed by atoms with Gasteiger partial charge in [0.2, 0.25) is 10.0 Å². The van der Waals surface area contributed by atoms with Crippen molar-refractivity contribution in [2.45, 2.75) is 4.90 Å². The number of nitrogens with two attached hydrogens (primary N) is 2. The van der Waals surface area contributed by atoms with Crippen LogP contribution < -0.4 is 20.3 Å². The van der Waals surface area contributed by atoms with Crippen LogP contribution in [0.4, 0.5) is 5.69 Å². The highest BCUT2D eigenvalue weighted by Crippen LogP contribution is 2.19. The van der Waals surface area contributed by atoms with E-state index in [0.29, 0.717) is 17.3 Å². The maximum absolute atomic E-state index is 10.7. The highest BCUT2D eigenvalue weighted by Gasteiger charge is 2.05. The van der Waals surface area contributed by atoms with Gasteiger partial charge in [-0.2, -0.15) is 4.98 Å². The fourth-order valence-corrected chi connectivity index (χ4v) is 1.77. The summed E-state index contributed by atoms with van der Waals surface area (Å²) in [5.41, 5.74) is 5.85. The van der Waals surface area contributed by atoms with E-state index in [9.17, 15) is 8.42 Å². The summed E-state index contributed by atoms with van der Waals surface area (Å²) in [6.45, 7) is 0. The Hall–Kier alpha value is -2.39. The number of ether oxygens (including phenoxy) is 2. The van der Waals surface area contributed by atoms with Gasteiger partial charge in [0, 0.05) is 5.69 Å². The predicted octanol–water partition coefficient (Wildman–Crippen LogP) is 0.410. The van der Waals surface area contributed by atoms with E-state index >= 15 is 0 Å². The first-order chi connectivity index (χ1) is 9.88. The number of nitrogen functional groups attached to an aromatic ring is 1. The molecule has 0 aliphatic heterocycles. The van der Waals surface area contributed by atoms with Gasteiger partial charge < -0.3 is 15.2 Å². The highest BCUT2D eigenvalue weighted by atomic mass is 32.2. The second-order valence-corrected chi connectivity index (χ2v) is 5.28. The number of methoxy groups -OCH3 is 2. The van der Waals surface area contributed by atoms with Crippen molar-refractivity contribution in [2.75, 3.05) is 20.0 Å². The normalized spacial score (nSPS) is 10.2. The molecule has 2 aromatic rings. The topological polar surface area (TPSA) is 130 Å². The molecular formula is C12H16N4O4S. The minimum absolute atomic E-state index is 0.0756. The van der Waals surface area contributed by atoms with Crippen molar-refractivity contribution in [2.24, 2.45) is 5.14 Å². The minimum Gasteiger partial charge on any atom is -0.490 e. The number of sulfonamides is 1. The number of anilines is 1. The van der Waals surface area contributed by atoms with Crippen LogP contribution in [0.15, 0.2) is 41.7 Å². The molecule has 2 rings (SSSR count). The van der Waals surface area contributed by atoms with Crippen LogP contribution in [-0.4, -0.2) is 32.6 Å². The lowest BCUT2D eigenvalue weighted by atomic mass is 10.3. The zero-order chi connectivity index (χ0) is 15.9. The highest BCUT2D eigenvalue weighted by molar-refractivity contribution is 7.89. The molecule has 4 N–H and O–H groups in total. The average molecular weight is 312 g/mol.